The summed E-state index contributed by atoms with van der Waals surface area (Å²) in [6.07, 6.45) is -4.97. The molecule has 0 unspecified atom stereocenters. The summed E-state index contributed by atoms with van der Waals surface area (Å²) >= 11 is 0. The Morgan fingerprint density at radius 1 is 0.909 bits per heavy atom. The lowest BCUT2D eigenvalue weighted by Gasteiger charge is -2.14. The van der Waals surface area contributed by atoms with Crippen molar-refractivity contribution in [2.45, 2.75) is 40.8 Å². The molecule has 22 heavy (non-hydrogen) atoms. The molecule has 0 aromatic heterocycles. The minimum Gasteiger partial charge on any atom is -0.399 e. The van der Waals surface area contributed by atoms with Gasteiger partial charge in [-0.15, -0.1) is 0 Å². The number of nitrogen functional groups attached to an aromatic ring is 1. The highest BCUT2D eigenvalue weighted by atomic mass is 19.4. The predicted octanol–water partition coefficient (Wildman–Crippen LogP) is 6.08. The maximum atomic E-state index is 13.4. The molecule has 124 valence electrons. The van der Waals surface area contributed by atoms with Gasteiger partial charge in [-0.05, 0) is 36.1 Å². The van der Waals surface area contributed by atoms with Crippen LogP contribution in [-0.4, -0.2) is 0 Å². The monoisotopic (exact) mass is 321 g/mol. The van der Waals surface area contributed by atoms with Crippen LogP contribution in [0.3, 0.4) is 0 Å². The van der Waals surface area contributed by atoms with Crippen LogP contribution >= 0.6 is 0 Å². The molecule has 2 N–H and O–H groups in total. The van der Waals surface area contributed by atoms with Gasteiger partial charge in [-0.2, -0.15) is 13.2 Å². The van der Waals surface area contributed by atoms with Crippen molar-refractivity contribution in [1.29, 1.82) is 0 Å². The van der Waals surface area contributed by atoms with E-state index in [2.05, 4.69) is 0 Å². The van der Waals surface area contributed by atoms with Crippen molar-refractivity contribution in [3.05, 3.63) is 41.0 Å². The van der Waals surface area contributed by atoms with Gasteiger partial charge < -0.3 is 5.73 Å². The van der Waals surface area contributed by atoms with Gasteiger partial charge in [0.25, 0.3) is 0 Å². The second-order valence-corrected chi connectivity index (χ2v) is 3.98. The number of benzene rings is 2. The molecular formula is C16H20F5N. The van der Waals surface area contributed by atoms with Crippen LogP contribution in [0.2, 0.25) is 0 Å². The van der Waals surface area contributed by atoms with E-state index in [1.165, 1.54) is 19.1 Å². The van der Waals surface area contributed by atoms with Gasteiger partial charge in [0.15, 0.2) is 11.6 Å². The number of aryl methyl sites for hydroxylation is 1. The minimum atomic E-state index is -4.97. The summed E-state index contributed by atoms with van der Waals surface area (Å²) in [6.45, 7) is 9.37. The molecule has 0 aliphatic rings. The quantitative estimate of drug-likeness (QED) is 0.462. The Morgan fingerprint density at radius 3 is 1.86 bits per heavy atom. The highest BCUT2D eigenvalue weighted by Gasteiger charge is 2.38. The average molecular weight is 321 g/mol. The van der Waals surface area contributed by atoms with Crippen molar-refractivity contribution in [2.24, 2.45) is 0 Å². The molecule has 0 saturated heterocycles. The lowest BCUT2D eigenvalue weighted by atomic mass is 9.98. The van der Waals surface area contributed by atoms with Crippen LogP contribution in [0.1, 0.15) is 38.8 Å². The van der Waals surface area contributed by atoms with Crippen LogP contribution in [0.5, 0.6) is 0 Å². The van der Waals surface area contributed by atoms with Crippen molar-refractivity contribution >= 4 is 16.5 Å². The molecule has 0 amide bonds. The van der Waals surface area contributed by atoms with Gasteiger partial charge in [0, 0.05) is 11.1 Å². The van der Waals surface area contributed by atoms with Crippen LogP contribution in [-0.2, 0) is 6.18 Å². The van der Waals surface area contributed by atoms with Crippen LogP contribution in [0.15, 0.2) is 18.2 Å². The zero-order valence-electron chi connectivity index (χ0n) is 13.2. The number of alkyl halides is 3. The van der Waals surface area contributed by atoms with E-state index in [1.54, 1.807) is 0 Å². The summed E-state index contributed by atoms with van der Waals surface area (Å²) in [6, 6.07) is 3.18. The summed E-state index contributed by atoms with van der Waals surface area (Å²) in [5.74, 6) is -3.43. The van der Waals surface area contributed by atoms with Crippen LogP contribution < -0.4 is 5.73 Å². The molecule has 2 aromatic carbocycles. The SMILES string of the molecule is CC.CC.Cc1cc(N)cc2cc(F)c(F)c(C(F)(F)F)c12. The van der Waals surface area contributed by atoms with Gasteiger partial charge in [-0.3, -0.25) is 0 Å². The fraction of sp³-hybridized carbons (Fsp3) is 0.375. The summed E-state index contributed by atoms with van der Waals surface area (Å²) in [7, 11) is 0. The maximum absolute atomic E-state index is 13.4. The Morgan fingerprint density at radius 2 is 1.41 bits per heavy atom. The topological polar surface area (TPSA) is 26.0 Å². The van der Waals surface area contributed by atoms with Crippen molar-refractivity contribution in [3.8, 4) is 0 Å². The third kappa shape index (κ3) is 4.08. The van der Waals surface area contributed by atoms with Gasteiger partial charge >= 0.3 is 6.18 Å². The Hall–Kier alpha value is -1.85. The summed E-state index contributed by atoms with van der Waals surface area (Å²) in [5, 5.41) is -0.436. The Kier molecular flexibility index (Phi) is 7.29. The van der Waals surface area contributed by atoms with Gasteiger partial charge in [0.1, 0.15) is 5.56 Å². The number of hydrogen-bond acceptors (Lipinski definition) is 1. The first-order valence-corrected chi connectivity index (χ1v) is 6.97. The fourth-order valence-electron chi connectivity index (χ4n) is 1.99. The molecule has 2 aromatic rings. The molecule has 2 rings (SSSR count). The molecule has 0 heterocycles. The second-order valence-electron chi connectivity index (χ2n) is 3.98. The first-order valence-electron chi connectivity index (χ1n) is 6.97. The molecule has 0 spiro atoms. The first kappa shape index (κ1) is 20.1. The predicted molar refractivity (Wildman–Crippen MR) is 80.7 cm³/mol. The van der Waals surface area contributed by atoms with Crippen molar-refractivity contribution in [2.75, 3.05) is 5.73 Å². The summed E-state index contributed by atoms with van der Waals surface area (Å²) in [4.78, 5) is 0. The zero-order chi connectivity index (χ0) is 17.7. The zero-order valence-corrected chi connectivity index (χ0v) is 13.2. The highest BCUT2D eigenvalue weighted by molar-refractivity contribution is 5.92. The number of anilines is 1. The van der Waals surface area contributed by atoms with Crippen molar-refractivity contribution in [1.82, 2.24) is 0 Å². The number of halogens is 5. The van der Waals surface area contributed by atoms with E-state index in [9.17, 15) is 22.0 Å². The largest absolute Gasteiger partial charge is 0.419 e. The van der Waals surface area contributed by atoms with E-state index < -0.39 is 23.4 Å². The maximum Gasteiger partial charge on any atom is 0.419 e. The lowest BCUT2D eigenvalue weighted by Crippen LogP contribution is -2.11. The molecule has 0 fully saturated rings. The Balaban J connectivity index is 0.00000102. The van der Waals surface area contributed by atoms with Crippen molar-refractivity contribution < 1.29 is 22.0 Å². The minimum absolute atomic E-state index is 0.0706. The van der Waals surface area contributed by atoms with E-state index in [1.807, 2.05) is 27.7 Å². The summed E-state index contributed by atoms with van der Waals surface area (Å²) < 4.78 is 65.0. The lowest BCUT2D eigenvalue weighted by molar-refractivity contribution is -0.138. The number of rotatable bonds is 0. The first-order chi connectivity index (χ1) is 10.2. The third-order valence-electron chi connectivity index (χ3n) is 2.63. The fourth-order valence-corrected chi connectivity index (χ4v) is 1.99. The number of nitrogens with two attached hydrogens (primary N) is 1. The molecule has 0 atom stereocenters. The average Bonchev–Trinajstić information content (AvgIpc) is 2.44. The smallest absolute Gasteiger partial charge is 0.399 e. The molecule has 0 radical (unpaired) electrons. The Bertz CT molecular complexity index is 633. The molecule has 1 nitrogen and oxygen atoms in total. The molecule has 0 aliphatic heterocycles. The van der Waals surface area contributed by atoms with Gasteiger partial charge in [-0.1, -0.05) is 27.7 Å². The Labute approximate surface area is 126 Å². The van der Waals surface area contributed by atoms with E-state index in [0.717, 1.165) is 0 Å². The molecule has 0 bridgehead atoms. The molecule has 0 aliphatic carbocycles. The van der Waals surface area contributed by atoms with Gasteiger partial charge in [0.2, 0.25) is 0 Å². The highest BCUT2D eigenvalue weighted by Crippen LogP contribution is 2.39. The van der Waals surface area contributed by atoms with E-state index in [0.29, 0.717) is 6.07 Å². The number of hydrogen-bond donors (Lipinski definition) is 1. The molecule has 0 saturated carbocycles. The molecule has 6 heteroatoms. The van der Waals surface area contributed by atoms with Crippen LogP contribution in [0.25, 0.3) is 10.8 Å². The van der Waals surface area contributed by atoms with Crippen LogP contribution in [0, 0.1) is 18.6 Å². The number of fused-ring (bicyclic) bond motifs is 1. The third-order valence-corrected chi connectivity index (χ3v) is 2.63. The van der Waals surface area contributed by atoms with Gasteiger partial charge in [-0.25, -0.2) is 8.78 Å². The standard InChI is InChI=1S/C12H8F5N.2C2H6/c1-5-2-7(18)3-6-4-8(13)11(14)10(9(5)6)12(15,16)17;2*1-2/h2-4H,18H2,1H3;2*1-2H3. The van der Waals surface area contributed by atoms with Crippen molar-refractivity contribution in [3.63, 3.8) is 0 Å². The second kappa shape index (κ2) is 7.96. The van der Waals surface area contributed by atoms with Crippen LogP contribution in [0.4, 0.5) is 27.6 Å². The normalized spacial score (nSPS) is 10.5. The van der Waals surface area contributed by atoms with E-state index in [-0.39, 0.29) is 22.0 Å². The summed E-state index contributed by atoms with van der Waals surface area (Å²) in [5.41, 5.74) is 4.23. The van der Waals surface area contributed by atoms with E-state index in [4.69, 9.17) is 5.73 Å². The molecular weight excluding hydrogens is 301 g/mol. The van der Waals surface area contributed by atoms with Gasteiger partial charge in [0.05, 0.1) is 0 Å². The van der Waals surface area contributed by atoms with E-state index >= 15 is 0 Å².